The molecule has 0 saturated carbocycles. The van der Waals surface area contributed by atoms with Crippen LogP contribution in [0.25, 0.3) is 44.3 Å². The summed E-state index contributed by atoms with van der Waals surface area (Å²) in [6.45, 7) is 12.5. The van der Waals surface area contributed by atoms with Gasteiger partial charge in [-0.2, -0.15) is 0 Å². The second-order valence-electron chi connectivity index (χ2n) is 12.9. The SMILES string of the molecule is CC1(C)CN=C(c2ccc3cc(-c4ccc(-c5cc6ccc(C7=NCC(C)(C)CN7)cc6[nH]5)cc4)[nH]c3c2)NC1. The van der Waals surface area contributed by atoms with Crippen LogP contribution in [0.2, 0.25) is 0 Å². The van der Waals surface area contributed by atoms with E-state index in [0.29, 0.717) is 0 Å². The molecule has 4 heterocycles. The molecule has 0 bridgehead atoms. The molecule has 0 saturated heterocycles. The fraction of sp³-hybridized carbons (Fsp3) is 0.294. The largest absolute Gasteiger partial charge is 0.369 e. The van der Waals surface area contributed by atoms with Gasteiger partial charge in [0.1, 0.15) is 11.7 Å². The minimum Gasteiger partial charge on any atom is -0.369 e. The number of aromatic amines is 2. The van der Waals surface area contributed by atoms with Gasteiger partial charge < -0.3 is 20.6 Å². The summed E-state index contributed by atoms with van der Waals surface area (Å²) >= 11 is 0. The number of hydrogen-bond acceptors (Lipinski definition) is 4. The number of fused-ring (bicyclic) bond motifs is 2. The number of amidine groups is 2. The number of H-pyrrole nitrogens is 2. The maximum Gasteiger partial charge on any atom is 0.128 e. The maximum absolute atomic E-state index is 4.79. The van der Waals surface area contributed by atoms with Crippen molar-refractivity contribution < 1.29 is 0 Å². The molecule has 0 radical (unpaired) electrons. The monoisotopic (exact) mass is 528 g/mol. The molecule has 2 aromatic heterocycles. The number of nitrogens with zero attached hydrogens (tertiary/aromatic N) is 2. The van der Waals surface area contributed by atoms with E-state index in [1.54, 1.807) is 0 Å². The van der Waals surface area contributed by atoms with Gasteiger partial charge in [-0.05, 0) is 35.4 Å². The number of rotatable bonds is 4. The van der Waals surface area contributed by atoms with Crippen LogP contribution in [0.1, 0.15) is 38.8 Å². The number of aliphatic imine (C=N–C) groups is 2. The second kappa shape index (κ2) is 9.12. The van der Waals surface area contributed by atoms with Crippen LogP contribution in [-0.2, 0) is 0 Å². The van der Waals surface area contributed by atoms with Gasteiger partial charge in [0.2, 0.25) is 0 Å². The number of aromatic nitrogens is 2. The quantitative estimate of drug-likeness (QED) is 0.209. The molecule has 0 amide bonds. The molecular weight excluding hydrogens is 492 g/mol. The normalized spacial score (nSPS) is 18.2. The molecule has 40 heavy (non-hydrogen) atoms. The van der Waals surface area contributed by atoms with Crippen molar-refractivity contribution in [2.24, 2.45) is 20.8 Å². The fourth-order valence-electron chi connectivity index (χ4n) is 5.53. The summed E-state index contributed by atoms with van der Waals surface area (Å²) in [5.74, 6) is 1.97. The highest BCUT2D eigenvalue weighted by Gasteiger charge is 2.24. The van der Waals surface area contributed by atoms with E-state index in [-0.39, 0.29) is 10.8 Å². The highest BCUT2D eigenvalue weighted by atomic mass is 15.0. The lowest BCUT2D eigenvalue weighted by Crippen LogP contribution is -2.41. The third kappa shape index (κ3) is 4.68. The van der Waals surface area contributed by atoms with Crippen LogP contribution in [0, 0.1) is 10.8 Å². The van der Waals surface area contributed by atoms with Crippen LogP contribution in [0.5, 0.6) is 0 Å². The van der Waals surface area contributed by atoms with Crippen molar-refractivity contribution in [2.75, 3.05) is 26.2 Å². The Morgan fingerprint density at radius 1 is 0.525 bits per heavy atom. The lowest BCUT2D eigenvalue weighted by molar-refractivity contribution is 0.362. The molecule has 2 aliphatic rings. The van der Waals surface area contributed by atoms with Crippen molar-refractivity contribution in [3.63, 3.8) is 0 Å². The van der Waals surface area contributed by atoms with E-state index in [1.165, 1.54) is 21.9 Å². The molecule has 0 spiro atoms. The van der Waals surface area contributed by atoms with Crippen LogP contribution in [0.3, 0.4) is 0 Å². The highest BCUT2D eigenvalue weighted by molar-refractivity contribution is 6.03. The van der Waals surface area contributed by atoms with Crippen molar-refractivity contribution in [3.8, 4) is 22.5 Å². The molecule has 0 atom stereocenters. The van der Waals surface area contributed by atoms with Gasteiger partial charge in [-0.25, -0.2) is 0 Å². The molecule has 4 N–H and O–H groups in total. The van der Waals surface area contributed by atoms with Gasteiger partial charge in [0.15, 0.2) is 0 Å². The molecule has 5 aromatic rings. The van der Waals surface area contributed by atoms with Crippen LogP contribution < -0.4 is 10.6 Å². The van der Waals surface area contributed by atoms with Gasteiger partial charge in [-0.3, -0.25) is 9.98 Å². The average molecular weight is 529 g/mol. The van der Waals surface area contributed by atoms with Crippen LogP contribution in [0.4, 0.5) is 0 Å². The first-order valence-electron chi connectivity index (χ1n) is 14.2. The fourth-order valence-corrected chi connectivity index (χ4v) is 5.53. The van der Waals surface area contributed by atoms with E-state index in [1.807, 2.05) is 0 Å². The summed E-state index contributed by atoms with van der Waals surface area (Å²) < 4.78 is 0. The Hall–Kier alpha value is -4.32. The van der Waals surface area contributed by atoms with Gasteiger partial charge in [-0.15, -0.1) is 0 Å². The van der Waals surface area contributed by atoms with Crippen molar-refractivity contribution in [1.82, 2.24) is 20.6 Å². The minimum atomic E-state index is 0.203. The van der Waals surface area contributed by atoms with Crippen molar-refractivity contribution in [3.05, 3.63) is 83.9 Å². The Balaban J connectivity index is 1.12. The Kier molecular flexibility index (Phi) is 5.63. The van der Waals surface area contributed by atoms with E-state index in [2.05, 4.69) is 121 Å². The summed E-state index contributed by atoms with van der Waals surface area (Å²) in [6.07, 6.45) is 0. The third-order valence-electron chi connectivity index (χ3n) is 8.10. The Morgan fingerprint density at radius 3 is 1.30 bits per heavy atom. The molecule has 3 aromatic carbocycles. The number of hydrogen-bond donors (Lipinski definition) is 4. The Labute approximate surface area is 235 Å². The first kappa shape index (κ1) is 24.7. The predicted octanol–water partition coefficient (Wildman–Crippen LogP) is 6.74. The highest BCUT2D eigenvalue weighted by Crippen LogP contribution is 2.30. The number of benzene rings is 3. The smallest absolute Gasteiger partial charge is 0.128 e. The van der Waals surface area contributed by atoms with Gasteiger partial charge in [0.05, 0.1) is 0 Å². The third-order valence-corrected chi connectivity index (χ3v) is 8.10. The van der Waals surface area contributed by atoms with Crippen molar-refractivity contribution >= 4 is 33.5 Å². The van der Waals surface area contributed by atoms with E-state index >= 15 is 0 Å². The second-order valence-corrected chi connectivity index (χ2v) is 12.9. The van der Waals surface area contributed by atoms with Gasteiger partial charge in [0, 0.05) is 81.3 Å². The Morgan fingerprint density at radius 2 is 0.925 bits per heavy atom. The van der Waals surface area contributed by atoms with E-state index < -0.39 is 0 Å². The molecular formula is C34H36N6. The lowest BCUT2D eigenvalue weighted by atomic mass is 9.92. The van der Waals surface area contributed by atoms with E-state index in [4.69, 9.17) is 9.98 Å². The van der Waals surface area contributed by atoms with Gasteiger partial charge in [-0.1, -0.05) is 76.2 Å². The molecule has 0 fully saturated rings. The Bertz CT molecular complexity index is 1660. The topological polar surface area (TPSA) is 80.4 Å². The van der Waals surface area contributed by atoms with Gasteiger partial charge >= 0.3 is 0 Å². The zero-order chi connectivity index (χ0) is 27.5. The standard InChI is InChI=1S/C34H36N6/c1-33(2)17-35-31(36-18-33)25-11-9-23-13-27(39-29(23)15-25)21-5-7-22(8-6-21)28-14-24-10-12-26(16-30(24)40-28)32-37-19-34(3,4)20-38-32/h5-16,39-40H,17-20H2,1-4H3,(H,35,36)(H,37,38). The summed E-state index contributed by atoms with van der Waals surface area (Å²) in [5.41, 5.74) is 9.47. The zero-order valence-electron chi connectivity index (χ0n) is 23.7. The molecule has 6 heteroatoms. The molecule has 0 unspecified atom stereocenters. The summed E-state index contributed by atoms with van der Waals surface area (Å²) in [4.78, 5) is 16.8. The van der Waals surface area contributed by atoms with Crippen LogP contribution in [-0.4, -0.2) is 47.8 Å². The zero-order valence-corrected chi connectivity index (χ0v) is 23.7. The minimum absolute atomic E-state index is 0.203. The predicted molar refractivity (Wildman–Crippen MR) is 167 cm³/mol. The molecule has 6 nitrogen and oxygen atoms in total. The van der Waals surface area contributed by atoms with Gasteiger partial charge in [0.25, 0.3) is 0 Å². The summed E-state index contributed by atoms with van der Waals surface area (Å²) in [5, 5.41) is 9.41. The molecule has 7 rings (SSSR count). The van der Waals surface area contributed by atoms with E-state index in [0.717, 1.165) is 71.4 Å². The van der Waals surface area contributed by atoms with Crippen LogP contribution in [0.15, 0.2) is 82.8 Å². The van der Waals surface area contributed by atoms with Crippen LogP contribution >= 0.6 is 0 Å². The van der Waals surface area contributed by atoms with Crippen molar-refractivity contribution in [1.29, 1.82) is 0 Å². The average Bonchev–Trinajstić information content (AvgIpc) is 3.57. The first-order valence-corrected chi connectivity index (χ1v) is 14.2. The van der Waals surface area contributed by atoms with Crippen molar-refractivity contribution in [2.45, 2.75) is 27.7 Å². The lowest BCUT2D eigenvalue weighted by Gasteiger charge is -2.29. The molecule has 202 valence electrons. The molecule has 0 aliphatic carbocycles. The van der Waals surface area contributed by atoms with E-state index in [9.17, 15) is 0 Å². The number of nitrogens with one attached hydrogen (secondary N) is 4. The summed E-state index contributed by atoms with van der Waals surface area (Å²) in [6, 6.07) is 26.3. The summed E-state index contributed by atoms with van der Waals surface area (Å²) in [7, 11) is 0. The molecule has 2 aliphatic heterocycles. The maximum atomic E-state index is 4.79. The first-order chi connectivity index (χ1) is 19.2.